The first-order chi connectivity index (χ1) is 4.68. The first kappa shape index (κ1) is 9.92. The van der Waals surface area contributed by atoms with Crippen LogP contribution in [0.15, 0.2) is 0 Å². The Balaban J connectivity index is 3.13. The first-order valence-corrected chi connectivity index (χ1v) is 4.09. The summed E-state index contributed by atoms with van der Waals surface area (Å²) in [6.45, 7) is 9.52. The summed E-state index contributed by atoms with van der Waals surface area (Å²) in [6, 6.07) is 0. The number of hydrogen-bond donors (Lipinski definition) is 2. The van der Waals surface area contributed by atoms with Crippen LogP contribution in [-0.4, -0.2) is 19.6 Å². The summed E-state index contributed by atoms with van der Waals surface area (Å²) in [5.41, 5.74) is 5.33. The number of rotatable bonds is 5. The molecule has 10 heavy (non-hydrogen) atoms. The molecule has 0 aromatic rings. The molecule has 0 fully saturated rings. The predicted octanol–water partition coefficient (Wildman–Crippen LogP) is 0.827. The zero-order chi connectivity index (χ0) is 7.98. The van der Waals surface area contributed by atoms with Gasteiger partial charge in [-0.25, -0.2) is 0 Å². The van der Waals surface area contributed by atoms with Gasteiger partial charge in [0.2, 0.25) is 0 Å². The molecule has 0 saturated heterocycles. The van der Waals surface area contributed by atoms with Crippen LogP contribution in [0.3, 0.4) is 0 Å². The van der Waals surface area contributed by atoms with Gasteiger partial charge < -0.3 is 11.1 Å². The fourth-order valence-electron chi connectivity index (χ4n) is 0.667. The van der Waals surface area contributed by atoms with Crippen molar-refractivity contribution in [3.63, 3.8) is 0 Å². The molecule has 0 aliphatic carbocycles. The van der Waals surface area contributed by atoms with Crippen LogP contribution in [0.2, 0.25) is 0 Å². The zero-order valence-corrected chi connectivity index (χ0v) is 7.35. The highest BCUT2D eigenvalue weighted by Gasteiger charge is 2.04. The lowest BCUT2D eigenvalue weighted by molar-refractivity contribution is 0.395. The highest BCUT2D eigenvalue weighted by atomic mass is 14.9. The van der Waals surface area contributed by atoms with E-state index in [4.69, 9.17) is 5.73 Å². The summed E-state index contributed by atoms with van der Waals surface area (Å²) >= 11 is 0. The topological polar surface area (TPSA) is 38.0 Å². The van der Waals surface area contributed by atoms with Crippen molar-refractivity contribution in [3.8, 4) is 0 Å². The lowest BCUT2D eigenvalue weighted by Gasteiger charge is -2.15. The van der Waals surface area contributed by atoms with Crippen molar-refractivity contribution < 1.29 is 0 Å². The first-order valence-electron chi connectivity index (χ1n) is 4.09. The lowest BCUT2D eigenvalue weighted by atomic mass is 9.98. The van der Waals surface area contributed by atoms with Crippen LogP contribution in [0.1, 0.15) is 20.8 Å². The van der Waals surface area contributed by atoms with Gasteiger partial charge >= 0.3 is 0 Å². The molecule has 0 saturated carbocycles. The number of hydrogen-bond acceptors (Lipinski definition) is 2. The SMILES string of the molecule is CC(C)C(C)CNCCN. The fraction of sp³-hybridized carbons (Fsp3) is 1.00. The molecule has 2 nitrogen and oxygen atoms in total. The van der Waals surface area contributed by atoms with E-state index in [0.717, 1.165) is 31.5 Å². The molecule has 0 aliphatic heterocycles. The molecule has 3 N–H and O–H groups in total. The molecule has 1 unspecified atom stereocenters. The molecule has 0 bridgehead atoms. The Morgan fingerprint density at radius 1 is 1.30 bits per heavy atom. The van der Waals surface area contributed by atoms with E-state index in [0.29, 0.717) is 0 Å². The molecule has 0 heterocycles. The van der Waals surface area contributed by atoms with Crippen molar-refractivity contribution in [2.75, 3.05) is 19.6 Å². The monoisotopic (exact) mass is 144 g/mol. The van der Waals surface area contributed by atoms with Gasteiger partial charge in [0.05, 0.1) is 0 Å². The maximum Gasteiger partial charge on any atom is 0.00746 e. The highest BCUT2D eigenvalue weighted by Crippen LogP contribution is 2.06. The average molecular weight is 144 g/mol. The Morgan fingerprint density at radius 3 is 2.30 bits per heavy atom. The van der Waals surface area contributed by atoms with E-state index in [-0.39, 0.29) is 0 Å². The molecule has 2 heteroatoms. The molecular weight excluding hydrogens is 124 g/mol. The molecule has 0 aliphatic rings. The Kier molecular flexibility index (Phi) is 5.64. The van der Waals surface area contributed by atoms with E-state index in [2.05, 4.69) is 26.1 Å². The van der Waals surface area contributed by atoms with Gasteiger partial charge in [-0.1, -0.05) is 20.8 Å². The molecule has 62 valence electrons. The summed E-state index contributed by atoms with van der Waals surface area (Å²) in [7, 11) is 0. The third kappa shape index (κ3) is 4.77. The van der Waals surface area contributed by atoms with E-state index in [1.54, 1.807) is 0 Å². The van der Waals surface area contributed by atoms with Gasteiger partial charge in [-0.15, -0.1) is 0 Å². The standard InChI is InChI=1S/C8H20N2/c1-7(2)8(3)6-10-5-4-9/h7-8,10H,4-6,9H2,1-3H3. The molecule has 0 aromatic heterocycles. The molecule has 0 rings (SSSR count). The molecular formula is C8H20N2. The third-order valence-corrected chi connectivity index (χ3v) is 1.93. The van der Waals surface area contributed by atoms with Gasteiger partial charge in [0.1, 0.15) is 0 Å². The van der Waals surface area contributed by atoms with Gasteiger partial charge in [0, 0.05) is 13.1 Å². The minimum atomic E-state index is 0.741. The van der Waals surface area contributed by atoms with Crippen molar-refractivity contribution >= 4 is 0 Å². The van der Waals surface area contributed by atoms with Crippen LogP contribution < -0.4 is 11.1 Å². The van der Waals surface area contributed by atoms with E-state index in [1.807, 2.05) is 0 Å². The number of nitrogens with one attached hydrogen (secondary N) is 1. The lowest BCUT2D eigenvalue weighted by Crippen LogP contribution is -2.28. The van der Waals surface area contributed by atoms with Gasteiger partial charge in [0.15, 0.2) is 0 Å². The van der Waals surface area contributed by atoms with Gasteiger partial charge in [-0.05, 0) is 18.4 Å². The smallest absolute Gasteiger partial charge is 0.00746 e. The highest BCUT2D eigenvalue weighted by molar-refractivity contribution is 4.60. The quantitative estimate of drug-likeness (QED) is 0.561. The molecule has 0 radical (unpaired) electrons. The summed E-state index contributed by atoms with van der Waals surface area (Å²) in [5, 5.41) is 3.29. The van der Waals surface area contributed by atoms with E-state index >= 15 is 0 Å². The van der Waals surface area contributed by atoms with E-state index in [1.165, 1.54) is 0 Å². The van der Waals surface area contributed by atoms with Crippen LogP contribution >= 0.6 is 0 Å². The number of nitrogens with two attached hydrogens (primary N) is 1. The Labute approximate surface area is 64.2 Å². The van der Waals surface area contributed by atoms with E-state index < -0.39 is 0 Å². The Hall–Kier alpha value is -0.0800. The van der Waals surface area contributed by atoms with Gasteiger partial charge in [0.25, 0.3) is 0 Å². The maximum absolute atomic E-state index is 5.33. The van der Waals surface area contributed by atoms with Crippen LogP contribution in [0, 0.1) is 11.8 Å². The molecule has 0 spiro atoms. The van der Waals surface area contributed by atoms with Crippen molar-refractivity contribution in [2.45, 2.75) is 20.8 Å². The van der Waals surface area contributed by atoms with Crippen molar-refractivity contribution in [1.29, 1.82) is 0 Å². The fourth-order valence-corrected chi connectivity index (χ4v) is 0.667. The van der Waals surface area contributed by atoms with Crippen LogP contribution in [0.4, 0.5) is 0 Å². The van der Waals surface area contributed by atoms with Crippen LogP contribution in [0.25, 0.3) is 0 Å². The van der Waals surface area contributed by atoms with Crippen LogP contribution in [-0.2, 0) is 0 Å². The largest absolute Gasteiger partial charge is 0.329 e. The second-order valence-electron chi connectivity index (χ2n) is 3.21. The normalized spacial score (nSPS) is 14.1. The zero-order valence-electron chi connectivity index (χ0n) is 7.35. The Morgan fingerprint density at radius 2 is 1.90 bits per heavy atom. The van der Waals surface area contributed by atoms with Gasteiger partial charge in [-0.3, -0.25) is 0 Å². The second-order valence-corrected chi connectivity index (χ2v) is 3.21. The summed E-state index contributed by atoms with van der Waals surface area (Å²) in [6.07, 6.45) is 0. The average Bonchev–Trinajstić information content (AvgIpc) is 1.88. The van der Waals surface area contributed by atoms with Crippen molar-refractivity contribution in [2.24, 2.45) is 17.6 Å². The predicted molar refractivity (Wildman–Crippen MR) is 45.9 cm³/mol. The summed E-state index contributed by atoms with van der Waals surface area (Å²) in [5.74, 6) is 1.52. The van der Waals surface area contributed by atoms with Crippen molar-refractivity contribution in [1.82, 2.24) is 5.32 Å². The summed E-state index contributed by atoms with van der Waals surface area (Å²) in [4.78, 5) is 0. The minimum absolute atomic E-state index is 0.741. The molecule has 0 amide bonds. The molecule has 0 aromatic carbocycles. The Bertz CT molecular complexity index is 71.7. The van der Waals surface area contributed by atoms with E-state index in [9.17, 15) is 0 Å². The van der Waals surface area contributed by atoms with Crippen molar-refractivity contribution in [3.05, 3.63) is 0 Å². The maximum atomic E-state index is 5.33. The van der Waals surface area contributed by atoms with Crippen LogP contribution in [0.5, 0.6) is 0 Å². The third-order valence-electron chi connectivity index (χ3n) is 1.93. The van der Waals surface area contributed by atoms with Gasteiger partial charge in [-0.2, -0.15) is 0 Å². The second kappa shape index (κ2) is 5.69. The summed E-state index contributed by atoms with van der Waals surface area (Å²) < 4.78 is 0. The minimum Gasteiger partial charge on any atom is -0.329 e. The molecule has 1 atom stereocenters.